The second-order valence-electron chi connectivity index (χ2n) is 6.27. The number of anilines is 4. The van der Waals surface area contributed by atoms with Crippen molar-refractivity contribution in [1.82, 2.24) is 15.0 Å². The summed E-state index contributed by atoms with van der Waals surface area (Å²) < 4.78 is 0.842. The summed E-state index contributed by atoms with van der Waals surface area (Å²) in [6.07, 6.45) is 1.28. The summed E-state index contributed by atoms with van der Waals surface area (Å²) in [7, 11) is 0. The minimum atomic E-state index is -0.507. The molecule has 8 nitrogen and oxygen atoms in total. The van der Waals surface area contributed by atoms with E-state index in [2.05, 4.69) is 41.5 Å². The van der Waals surface area contributed by atoms with Crippen LogP contribution in [0.4, 0.5) is 28.7 Å². The Morgan fingerprint density at radius 1 is 1.00 bits per heavy atom. The molecule has 4 rings (SSSR count). The summed E-state index contributed by atoms with van der Waals surface area (Å²) in [4.78, 5) is 24.0. The van der Waals surface area contributed by atoms with E-state index in [0.29, 0.717) is 16.9 Å². The van der Waals surface area contributed by atoms with Gasteiger partial charge in [-0.15, -0.1) is 0 Å². The first-order valence-corrected chi connectivity index (χ1v) is 9.46. The molecule has 0 aliphatic heterocycles. The second kappa shape index (κ2) is 7.80. The Balaban J connectivity index is 1.77. The molecule has 4 aromatic rings. The first-order valence-electron chi connectivity index (χ1n) is 8.66. The van der Waals surface area contributed by atoms with Crippen LogP contribution in [0.5, 0.6) is 0 Å². The lowest BCUT2D eigenvalue weighted by atomic mass is 10.1. The Bertz CT molecular complexity index is 1230. The third-order valence-electron chi connectivity index (χ3n) is 4.20. The number of fused-ring (bicyclic) bond motifs is 1. The topological polar surface area (TPSA) is 106 Å². The zero-order chi connectivity index (χ0) is 20.4. The highest BCUT2D eigenvalue weighted by Crippen LogP contribution is 2.34. The van der Waals surface area contributed by atoms with E-state index in [-0.39, 0.29) is 17.3 Å². The Labute approximate surface area is 174 Å². The predicted molar refractivity (Wildman–Crippen MR) is 116 cm³/mol. The fraction of sp³-hybridized carbons (Fsp3) is 0.0500. The third kappa shape index (κ3) is 3.99. The van der Waals surface area contributed by atoms with Crippen molar-refractivity contribution in [2.24, 2.45) is 0 Å². The predicted octanol–water partition coefficient (Wildman–Crippen LogP) is 5.49. The highest BCUT2D eigenvalue weighted by Gasteiger charge is 2.24. The number of pyridine rings is 1. The normalized spacial score (nSPS) is 10.7. The summed E-state index contributed by atoms with van der Waals surface area (Å²) >= 11 is 3.38. The molecule has 0 radical (unpaired) electrons. The van der Waals surface area contributed by atoms with E-state index in [1.165, 1.54) is 6.33 Å². The fourth-order valence-corrected chi connectivity index (χ4v) is 3.31. The SMILES string of the molecule is Cc1ccc2cccc(Nc3ncnc(Nc4cccc(Br)c4)c3[N+](=O)[O-])c2n1. The number of aryl methyl sites for hydroxylation is 1. The molecule has 29 heavy (non-hydrogen) atoms. The number of halogens is 1. The Morgan fingerprint density at radius 2 is 1.76 bits per heavy atom. The van der Waals surface area contributed by atoms with Crippen LogP contribution in [0.1, 0.15) is 5.69 Å². The lowest BCUT2D eigenvalue weighted by Crippen LogP contribution is -2.06. The fourth-order valence-electron chi connectivity index (χ4n) is 2.91. The zero-order valence-corrected chi connectivity index (χ0v) is 16.8. The molecule has 0 saturated heterocycles. The van der Waals surface area contributed by atoms with E-state index >= 15 is 0 Å². The quantitative estimate of drug-likeness (QED) is 0.305. The number of nitrogens with one attached hydrogen (secondary N) is 2. The van der Waals surface area contributed by atoms with Gasteiger partial charge in [0.1, 0.15) is 6.33 Å². The molecule has 0 saturated carbocycles. The smallest absolute Gasteiger partial charge is 0.334 e. The molecule has 0 spiro atoms. The number of rotatable bonds is 5. The van der Waals surface area contributed by atoms with Crippen LogP contribution in [0.2, 0.25) is 0 Å². The van der Waals surface area contributed by atoms with Gasteiger partial charge in [-0.25, -0.2) is 9.97 Å². The van der Waals surface area contributed by atoms with Crippen LogP contribution in [0.3, 0.4) is 0 Å². The van der Waals surface area contributed by atoms with E-state index in [4.69, 9.17) is 0 Å². The van der Waals surface area contributed by atoms with Crippen LogP contribution in [0, 0.1) is 17.0 Å². The second-order valence-corrected chi connectivity index (χ2v) is 7.18. The van der Waals surface area contributed by atoms with E-state index < -0.39 is 4.92 Å². The lowest BCUT2D eigenvalue weighted by molar-refractivity contribution is -0.383. The van der Waals surface area contributed by atoms with Crippen LogP contribution in [0.15, 0.2) is 65.4 Å². The van der Waals surface area contributed by atoms with Gasteiger partial charge in [-0.3, -0.25) is 15.1 Å². The van der Waals surface area contributed by atoms with Gasteiger partial charge < -0.3 is 10.6 Å². The summed E-state index contributed by atoms with van der Waals surface area (Å²) in [5.74, 6) is 0.174. The van der Waals surface area contributed by atoms with Crippen molar-refractivity contribution in [2.45, 2.75) is 6.92 Å². The van der Waals surface area contributed by atoms with Crippen LogP contribution in [-0.4, -0.2) is 19.9 Å². The molecule has 2 heterocycles. The van der Waals surface area contributed by atoms with Crippen molar-refractivity contribution in [3.8, 4) is 0 Å². The number of para-hydroxylation sites is 1. The maximum absolute atomic E-state index is 11.8. The number of hydrogen-bond donors (Lipinski definition) is 2. The van der Waals surface area contributed by atoms with Crippen molar-refractivity contribution < 1.29 is 4.92 Å². The average molecular weight is 451 g/mol. The Kier molecular flexibility index (Phi) is 5.05. The molecule has 9 heteroatoms. The molecular weight excluding hydrogens is 436 g/mol. The van der Waals surface area contributed by atoms with Crippen LogP contribution in [-0.2, 0) is 0 Å². The lowest BCUT2D eigenvalue weighted by Gasteiger charge is -2.12. The Hall–Kier alpha value is -3.59. The third-order valence-corrected chi connectivity index (χ3v) is 4.70. The summed E-state index contributed by atoms with van der Waals surface area (Å²) in [6.45, 7) is 1.89. The van der Waals surface area contributed by atoms with Crippen molar-refractivity contribution in [3.63, 3.8) is 0 Å². The first-order chi connectivity index (χ1) is 14.0. The highest BCUT2D eigenvalue weighted by atomic mass is 79.9. The molecule has 0 fully saturated rings. The van der Waals surface area contributed by atoms with Gasteiger partial charge in [0.15, 0.2) is 0 Å². The molecule has 0 amide bonds. The molecule has 144 valence electrons. The van der Waals surface area contributed by atoms with Gasteiger partial charge in [0, 0.05) is 21.2 Å². The maximum Gasteiger partial charge on any atom is 0.353 e. The zero-order valence-electron chi connectivity index (χ0n) is 15.3. The van der Waals surface area contributed by atoms with Crippen LogP contribution in [0.25, 0.3) is 10.9 Å². The number of nitrogens with zero attached hydrogens (tertiary/aromatic N) is 4. The van der Waals surface area contributed by atoms with E-state index in [9.17, 15) is 10.1 Å². The molecule has 0 aliphatic rings. The van der Waals surface area contributed by atoms with E-state index in [1.807, 2.05) is 49.4 Å². The van der Waals surface area contributed by atoms with Gasteiger partial charge >= 0.3 is 5.69 Å². The molecular formula is C20H15BrN6O2. The minimum absolute atomic E-state index is 0.0818. The van der Waals surface area contributed by atoms with Gasteiger partial charge in [0.25, 0.3) is 0 Å². The van der Waals surface area contributed by atoms with Crippen molar-refractivity contribution in [1.29, 1.82) is 0 Å². The van der Waals surface area contributed by atoms with Gasteiger partial charge in [-0.1, -0.05) is 40.2 Å². The van der Waals surface area contributed by atoms with Gasteiger partial charge in [-0.05, 0) is 37.3 Å². The average Bonchev–Trinajstić information content (AvgIpc) is 2.68. The molecule has 0 atom stereocenters. The standard InChI is InChI=1S/C20H15BrN6O2/c1-12-8-9-13-4-2-7-16(17(13)24-12)26-20-18(27(28)29)19(22-11-23-20)25-15-6-3-5-14(21)10-15/h2-11H,1H3,(H2,22,23,25,26). The molecule has 0 unspecified atom stereocenters. The van der Waals surface area contributed by atoms with E-state index in [0.717, 1.165) is 15.6 Å². The first kappa shape index (κ1) is 18.8. The number of aromatic nitrogens is 3. The van der Waals surface area contributed by atoms with Gasteiger partial charge in [-0.2, -0.15) is 0 Å². The van der Waals surface area contributed by atoms with Crippen molar-refractivity contribution in [2.75, 3.05) is 10.6 Å². The van der Waals surface area contributed by atoms with Crippen LogP contribution >= 0.6 is 15.9 Å². The molecule has 0 bridgehead atoms. The van der Waals surface area contributed by atoms with Crippen molar-refractivity contribution in [3.05, 3.63) is 81.2 Å². The monoisotopic (exact) mass is 450 g/mol. The summed E-state index contributed by atoms with van der Waals surface area (Å²) in [5, 5.41) is 18.8. The molecule has 0 aliphatic carbocycles. The van der Waals surface area contributed by atoms with Gasteiger partial charge in [0.05, 0.1) is 16.1 Å². The van der Waals surface area contributed by atoms with E-state index in [1.54, 1.807) is 12.1 Å². The van der Waals surface area contributed by atoms with Crippen LogP contribution < -0.4 is 10.6 Å². The molecule has 2 N–H and O–H groups in total. The Morgan fingerprint density at radius 3 is 2.52 bits per heavy atom. The summed E-state index contributed by atoms with van der Waals surface area (Å²) in [5.41, 5.74) is 2.59. The highest BCUT2D eigenvalue weighted by molar-refractivity contribution is 9.10. The number of nitro groups is 1. The minimum Gasteiger partial charge on any atom is -0.334 e. The molecule has 2 aromatic heterocycles. The maximum atomic E-state index is 11.8. The molecule has 2 aromatic carbocycles. The number of hydrogen-bond acceptors (Lipinski definition) is 7. The van der Waals surface area contributed by atoms with Crippen molar-refractivity contribution >= 4 is 55.5 Å². The van der Waals surface area contributed by atoms with Gasteiger partial charge in [0.2, 0.25) is 11.6 Å². The largest absolute Gasteiger partial charge is 0.353 e. The summed E-state index contributed by atoms with van der Waals surface area (Å²) in [6, 6.07) is 16.7. The number of benzene rings is 2.